The molecular formula is C27H24BrFN2O4. The van der Waals surface area contributed by atoms with Gasteiger partial charge in [-0.15, -0.1) is 0 Å². The van der Waals surface area contributed by atoms with Crippen molar-refractivity contribution in [2.75, 3.05) is 6.61 Å². The molecule has 180 valence electrons. The van der Waals surface area contributed by atoms with Crippen LogP contribution in [0.3, 0.4) is 0 Å². The number of rotatable bonds is 8. The summed E-state index contributed by atoms with van der Waals surface area (Å²) in [6.07, 6.45) is 1.55. The molecule has 0 bridgehead atoms. The Morgan fingerprint density at radius 3 is 2.60 bits per heavy atom. The molecule has 0 spiro atoms. The van der Waals surface area contributed by atoms with Gasteiger partial charge in [0.2, 0.25) is 0 Å². The van der Waals surface area contributed by atoms with Crippen molar-refractivity contribution in [2.24, 2.45) is 0 Å². The van der Waals surface area contributed by atoms with Gasteiger partial charge in [0, 0.05) is 5.56 Å². The van der Waals surface area contributed by atoms with Crippen LogP contribution < -0.4 is 14.8 Å². The molecule has 8 heteroatoms. The van der Waals surface area contributed by atoms with E-state index in [9.17, 15) is 14.0 Å². The number of amides is 3. The Labute approximate surface area is 211 Å². The summed E-state index contributed by atoms with van der Waals surface area (Å²) in [6.45, 7) is 4.51. The summed E-state index contributed by atoms with van der Waals surface area (Å²) in [5, 5.41) is 2.57. The van der Waals surface area contributed by atoms with Crippen LogP contribution in [0.2, 0.25) is 0 Å². The predicted octanol–water partition coefficient (Wildman–Crippen LogP) is 5.97. The van der Waals surface area contributed by atoms with E-state index in [1.54, 1.807) is 36.4 Å². The van der Waals surface area contributed by atoms with Crippen molar-refractivity contribution in [3.8, 4) is 11.5 Å². The Hall–Kier alpha value is -3.65. The molecule has 35 heavy (non-hydrogen) atoms. The van der Waals surface area contributed by atoms with Crippen molar-refractivity contribution >= 4 is 33.9 Å². The molecule has 1 aliphatic heterocycles. The van der Waals surface area contributed by atoms with Crippen molar-refractivity contribution in [1.82, 2.24) is 10.2 Å². The van der Waals surface area contributed by atoms with E-state index in [1.807, 2.05) is 32.0 Å². The van der Waals surface area contributed by atoms with Gasteiger partial charge in [-0.2, -0.15) is 0 Å². The summed E-state index contributed by atoms with van der Waals surface area (Å²) in [7, 11) is 0. The van der Waals surface area contributed by atoms with Crippen LogP contribution in [0.15, 0.2) is 70.8 Å². The fourth-order valence-electron chi connectivity index (χ4n) is 3.71. The lowest BCUT2D eigenvalue weighted by atomic mass is 10.1. The van der Waals surface area contributed by atoms with E-state index in [0.717, 1.165) is 16.0 Å². The quantitative estimate of drug-likeness (QED) is 0.283. The van der Waals surface area contributed by atoms with E-state index >= 15 is 0 Å². The molecule has 1 aliphatic rings. The van der Waals surface area contributed by atoms with Gasteiger partial charge in [-0.25, -0.2) is 9.18 Å². The number of benzene rings is 3. The summed E-state index contributed by atoms with van der Waals surface area (Å²) in [4.78, 5) is 26.3. The zero-order valence-electron chi connectivity index (χ0n) is 19.3. The Morgan fingerprint density at radius 2 is 1.86 bits per heavy atom. The SMILES string of the molecule is CCOc1cc(/C=C2/NC(=O)N(Cc3ccccc3F)C2=O)cc(Br)c1OCc1cccc(C)c1. The molecule has 3 aromatic rings. The monoisotopic (exact) mass is 538 g/mol. The van der Waals surface area contributed by atoms with Crippen LogP contribution in [-0.2, 0) is 17.9 Å². The number of nitrogens with one attached hydrogen (secondary N) is 1. The normalized spacial score (nSPS) is 14.4. The number of halogens is 2. The number of aryl methyl sites for hydroxylation is 1. The van der Waals surface area contributed by atoms with E-state index in [2.05, 4.69) is 27.3 Å². The van der Waals surface area contributed by atoms with Gasteiger partial charge in [-0.3, -0.25) is 9.69 Å². The van der Waals surface area contributed by atoms with Crippen LogP contribution in [0.5, 0.6) is 11.5 Å². The molecule has 0 radical (unpaired) electrons. The lowest BCUT2D eigenvalue weighted by Gasteiger charge is -2.15. The second-order valence-corrected chi connectivity index (χ2v) is 8.87. The fourth-order valence-corrected chi connectivity index (χ4v) is 4.28. The standard InChI is InChI=1S/C27H24BrFN2O4/c1-3-34-24-14-19(12-21(28)25(24)35-16-18-8-6-7-17(2)11-18)13-23-26(32)31(27(33)30-23)15-20-9-4-5-10-22(20)29/h4-14H,3,15-16H2,1-2H3,(H,30,33)/b23-13+. The van der Waals surface area contributed by atoms with Gasteiger partial charge in [-0.05, 0) is 65.2 Å². The summed E-state index contributed by atoms with van der Waals surface area (Å²) in [5.41, 5.74) is 3.15. The Bertz CT molecular complexity index is 1310. The number of nitrogens with zero attached hydrogens (tertiary/aromatic N) is 1. The second-order valence-electron chi connectivity index (χ2n) is 8.01. The third kappa shape index (κ3) is 5.71. The highest BCUT2D eigenvalue weighted by molar-refractivity contribution is 9.10. The minimum absolute atomic E-state index is 0.0918. The Balaban J connectivity index is 1.56. The summed E-state index contributed by atoms with van der Waals surface area (Å²) < 4.78 is 26.5. The van der Waals surface area contributed by atoms with Gasteiger partial charge in [-0.1, -0.05) is 48.0 Å². The number of urea groups is 1. The number of hydrogen-bond donors (Lipinski definition) is 1. The molecule has 1 N–H and O–H groups in total. The highest BCUT2D eigenvalue weighted by atomic mass is 79.9. The molecule has 1 fully saturated rings. The maximum atomic E-state index is 14.0. The lowest BCUT2D eigenvalue weighted by Crippen LogP contribution is -2.30. The van der Waals surface area contributed by atoms with Crippen LogP contribution in [0.1, 0.15) is 29.2 Å². The average Bonchev–Trinajstić information content (AvgIpc) is 3.07. The topological polar surface area (TPSA) is 67.9 Å². The molecule has 3 amide bonds. The number of hydrogen-bond acceptors (Lipinski definition) is 4. The second kappa shape index (κ2) is 10.7. The van der Waals surface area contributed by atoms with Gasteiger partial charge in [0.05, 0.1) is 17.6 Å². The van der Waals surface area contributed by atoms with E-state index in [1.165, 1.54) is 6.07 Å². The first-order valence-electron chi connectivity index (χ1n) is 11.1. The third-order valence-electron chi connectivity index (χ3n) is 5.36. The number of ether oxygens (including phenoxy) is 2. The van der Waals surface area contributed by atoms with Crippen molar-refractivity contribution in [2.45, 2.75) is 27.0 Å². The van der Waals surface area contributed by atoms with Crippen LogP contribution in [-0.4, -0.2) is 23.4 Å². The van der Waals surface area contributed by atoms with Gasteiger partial charge in [0.25, 0.3) is 5.91 Å². The molecule has 0 unspecified atom stereocenters. The zero-order valence-corrected chi connectivity index (χ0v) is 20.9. The molecule has 3 aromatic carbocycles. The lowest BCUT2D eigenvalue weighted by molar-refractivity contribution is -0.123. The van der Waals surface area contributed by atoms with Crippen LogP contribution in [0, 0.1) is 12.7 Å². The van der Waals surface area contributed by atoms with Crippen LogP contribution >= 0.6 is 15.9 Å². The van der Waals surface area contributed by atoms with Crippen molar-refractivity contribution in [3.63, 3.8) is 0 Å². The molecule has 0 aliphatic carbocycles. The number of carbonyl (C=O) groups excluding carboxylic acids is 2. The van der Waals surface area contributed by atoms with Crippen molar-refractivity contribution in [1.29, 1.82) is 0 Å². The smallest absolute Gasteiger partial charge is 0.329 e. The first-order chi connectivity index (χ1) is 16.9. The first-order valence-corrected chi connectivity index (χ1v) is 11.9. The van der Waals surface area contributed by atoms with Crippen LogP contribution in [0.25, 0.3) is 6.08 Å². The molecular weight excluding hydrogens is 515 g/mol. The van der Waals surface area contributed by atoms with Gasteiger partial charge < -0.3 is 14.8 Å². The summed E-state index contributed by atoms with van der Waals surface area (Å²) in [6, 6.07) is 17.0. The van der Waals surface area contributed by atoms with E-state index in [4.69, 9.17) is 9.47 Å². The molecule has 1 heterocycles. The minimum Gasteiger partial charge on any atom is -0.490 e. The first kappa shape index (κ1) is 24.5. The van der Waals surface area contributed by atoms with Crippen LogP contribution in [0.4, 0.5) is 9.18 Å². The number of imide groups is 1. The van der Waals surface area contributed by atoms with Gasteiger partial charge in [0.15, 0.2) is 11.5 Å². The van der Waals surface area contributed by atoms with Gasteiger partial charge >= 0.3 is 6.03 Å². The Kier molecular flexibility index (Phi) is 7.51. The summed E-state index contributed by atoms with van der Waals surface area (Å²) >= 11 is 3.54. The van der Waals surface area contributed by atoms with E-state index in [-0.39, 0.29) is 17.8 Å². The van der Waals surface area contributed by atoms with E-state index in [0.29, 0.717) is 34.7 Å². The fraction of sp³-hybridized carbons (Fsp3) is 0.185. The van der Waals surface area contributed by atoms with Gasteiger partial charge in [0.1, 0.15) is 18.1 Å². The molecule has 6 nitrogen and oxygen atoms in total. The van der Waals surface area contributed by atoms with Crippen molar-refractivity contribution < 1.29 is 23.5 Å². The highest BCUT2D eigenvalue weighted by Gasteiger charge is 2.34. The largest absolute Gasteiger partial charge is 0.490 e. The zero-order chi connectivity index (χ0) is 24.9. The third-order valence-corrected chi connectivity index (χ3v) is 5.95. The molecule has 4 rings (SSSR count). The highest BCUT2D eigenvalue weighted by Crippen LogP contribution is 2.38. The molecule has 1 saturated heterocycles. The number of carbonyl (C=O) groups is 2. The Morgan fingerprint density at radius 1 is 1.06 bits per heavy atom. The molecule has 0 atom stereocenters. The van der Waals surface area contributed by atoms with Crippen molar-refractivity contribution in [3.05, 3.63) is 98.9 Å². The average molecular weight is 539 g/mol. The maximum absolute atomic E-state index is 14.0. The molecule has 0 saturated carbocycles. The van der Waals surface area contributed by atoms with E-state index < -0.39 is 17.8 Å². The maximum Gasteiger partial charge on any atom is 0.329 e. The summed E-state index contributed by atoms with van der Waals surface area (Å²) in [5.74, 6) is 0.0315. The minimum atomic E-state index is -0.605. The predicted molar refractivity (Wildman–Crippen MR) is 134 cm³/mol. The molecule has 0 aromatic heterocycles.